The Morgan fingerprint density at radius 2 is 1.95 bits per heavy atom. The van der Waals surface area contributed by atoms with Crippen molar-refractivity contribution in [2.75, 3.05) is 20.7 Å². The molecule has 1 aromatic carbocycles. The molecule has 0 bridgehead atoms. The monoisotopic (exact) mass is 302 g/mol. The van der Waals surface area contributed by atoms with Gasteiger partial charge >= 0.3 is 5.97 Å². The van der Waals surface area contributed by atoms with Crippen LogP contribution in [-0.2, 0) is 14.3 Å². The summed E-state index contributed by atoms with van der Waals surface area (Å²) in [4.78, 5) is 26.0. The third-order valence-electron chi connectivity index (χ3n) is 4.74. The van der Waals surface area contributed by atoms with Gasteiger partial charge in [0.25, 0.3) is 0 Å². The summed E-state index contributed by atoms with van der Waals surface area (Å²) in [7, 11) is 3.25. The highest BCUT2D eigenvalue weighted by molar-refractivity contribution is 5.83. The van der Waals surface area contributed by atoms with E-state index < -0.39 is 0 Å². The van der Waals surface area contributed by atoms with Crippen molar-refractivity contribution in [2.45, 2.75) is 30.8 Å². The third-order valence-corrected chi connectivity index (χ3v) is 4.74. The first-order chi connectivity index (χ1) is 10.6. The molecule has 1 aliphatic heterocycles. The molecule has 5 nitrogen and oxygen atoms in total. The molecular weight excluding hydrogens is 280 g/mol. The number of methoxy groups -OCH3 is 1. The second-order valence-electron chi connectivity index (χ2n) is 6.28. The predicted molar refractivity (Wildman–Crippen MR) is 82.3 cm³/mol. The van der Waals surface area contributed by atoms with Crippen molar-refractivity contribution in [3.63, 3.8) is 0 Å². The van der Waals surface area contributed by atoms with Gasteiger partial charge in [-0.25, -0.2) is 0 Å². The fourth-order valence-corrected chi connectivity index (χ4v) is 3.32. The van der Waals surface area contributed by atoms with Crippen LogP contribution in [-0.4, -0.2) is 49.6 Å². The maximum absolute atomic E-state index is 12.4. The van der Waals surface area contributed by atoms with Gasteiger partial charge in [0, 0.05) is 18.5 Å². The Morgan fingerprint density at radius 1 is 1.23 bits per heavy atom. The Bertz CT molecular complexity index is 560. The molecule has 2 aliphatic rings. The standard InChI is InChI=1S/C17H22N2O3/c1-19-10-12(8-15(19)17(21)22-2)16(20)18-14-9-13(14)11-6-4-3-5-7-11/h3-7,12-15H,8-10H2,1-2H3,(H,18,20)/t12-,13-,14?,15-/m0/s1. The Labute approximate surface area is 130 Å². The number of amides is 1. The number of nitrogens with zero attached hydrogens (tertiary/aromatic N) is 1. The number of hydrogen-bond acceptors (Lipinski definition) is 4. The molecule has 4 atom stereocenters. The molecule has 2 fully saturated rings. The van der Waals surface area contributed by atoms with E-state index in [1.54, 1.807) is 0 Å². The summed E-state index contributed by atoms with van der Waals surface area (Å²) in [5.41, 5.74) is 1.28. The van der Waals surface area contributed by atoms with Gasteiger partial charge in [-0.2, -0.15) is 0 Å². The van der Waals surface area contributed by atoms with E-state index in [4.69, 9.17) is 4.74 Å². The van der Waals surface area contributed by atoms with Gasteiger partial charge < -0.3 is 10.1 Å². The van der Waals surface area contributed by atoms with Gasteiger partial charge in [0.1, 0.15) is 6.04 Å². The Kier molecular flexibility index (Phi) is 4.16. The molecule has 0 aromatic heterocycles. The molecule has 5 heteroatoms. The number of carbonyl (C=O) groups excluding carboxylic acids is 2. The topological polar surface area (TPSA) is 58.6 Å². The van der Waals surface area contributed by atoms with Gasteiger partial charge in [0.15, 0.2) is 0 Å². The Morgan fingerprint density at radius 3 is 2.64 bits per heavy atom. The van der Waals surface area contributed by atoms with Gasteiger partial charge in [-0.3, -0.25) is 14.5 Å². The van der Waals surface area contributed by atoms with Crippen LogP contribution >= 0.6 is 0 Å². The number of nitrogens with one attached hydrogen (secondary N) is 1. The van der Waals surface area contributed by atoms with E-state index in [9.17, 15) is 9.59 Å². The summed E-state index contributed by atoms with van der Waals surface area (Å²) in [6, 6.07) is 10.2. The van der Waals surface area contributed by atoms with E-state index in [-0.39, 0.29) is 29.9 Å². The van der Waals surface area contributed by atoms with E-state index in [1.807, 2.05) is 30.1 Å². The zero-order valence-corrected chi connectivity index (χ0v) is 13.0. The van der Waals surface area contributed by atoms with Crippen LogP contribution in [0.15, 0.2) is 30.3 Å². The molecule has 1 heterocycles. The molecule has 1 amide bonds. The van der Waals surface area contributed by atoms with E-state index in [0.29, 0.717) is 18.9 Å². The van der Waals surface area contributed by atoms with Gasteiger partial charge in [-0.15, -0.1) is 0 Å². The molecule has 1 aliphatic carbocycles. The van der Waals surface area contributed by atoms with Gasteiger partial charge in [-0.1, -0.05) is 30.3 Å². The fraction of sp³-hybridized carbons (Fsp3) is 0.529. The number of likely N-dealkylation sites (N-methyl/N-ethyl adjacent to an activating group) is 1. The zero-order valence-electron chi connectivity index (χ0n) is 13.0. The molecule has 1 unspecified atom stereocenters. The summed E-state index contributed by atoms with van der Waals surface area (Å²) in [5, 5.41) is 3.12. The van der Waals surface area contributed by atoms with Crippen LogP contribution in [0.5, 0.6) is 0 Å². The van der Waals surface area contributed by atoms with Crippen LogP contribution in [0.4, 0.5) is 0 Å². The maximum Gasteiger partial charge on any atom is 0.323 e. The minimum atomic E-state index is -0.301. The molecular formula is C17H22N2O3. The summed E-state index contributed by atoms with van der Waals surface area (Å²) in [6.45, 7) is 0.605. The van der Waals surface area contributed by atoms with Crippen LogP contribution in [0.3, 0.4) is 0 Å². The highest BCUT2D eigenvalue weighted by atomic mass is 16.5. The minimum Gasteiger partial charge on any atom is -0.468 e. The molecule has 0 spiro atoms. The van der Waals surface area contributed by atoms with Crippen LogP contribution in [0.2, 0.25) is 0 Å². The van der Waals surface area contributed by atoms with Crippen molar-refractivity contribution in [2.24, 2.45) is 5.92 Å². The highest BCUT2D eigenvalue weighted by Crippen LogP contribution is 2.41. The SMILES string of the molecule is COC(=O)[C@@H]1C[C@H](C(=O)NC2C[C@H]2c2ccccc2)CN1C. The lowest BCUT2D eigenvalue weighted by Gasteiger charge is -2.15. The Hall–Kier alpha value is -1.88. The van der Waals surface area contributed by atoms with E-state index >= 15 is 0 Å². The maximum atomic E-state index is 12.4. The number of esters is 1. The number of carbonyl (C=O) groups is 2. The molecule has 1 aromatic rings. The lowest BCUT2D eigenvalue weighted by molar-refractivity contribution is -0.145. The number of hydrogen-bond donors (Lipinski definition) is 1. The lowest BCUT2D eigenvalue weighted by atomic mass is 10.0. The van der Waals surface area contributed by atoms with E-state index in [1.165, 1.54) is 12.7 Å². The van der Waals surface area contributed by atoms with Crippen molar-refractivity contribution in [1.82, 2.24) is 10.2 Å². The van der Waals surface area contributed by atoms with Gasteiger partial charge in [-0.05, 0) is 25.5 Å². The van der Waals surface area contributed by atoms with Crippen molar-refractivity contribution >= 4 is 11.9 Å². The summed E-state index contributed by atoms with van der Waals surface area (Å²) >= 11 is 0. The van der Waals surface area contributed by atoms with Crippen molar-refractivity contribution < 1.29 is 14.3 Å². The Balaban J connectivity index is 1.53. The van der Waals surface area contributed by atoms with E-state index in [2.05, 4.69) is 17.4 Å². The average Bonchev–Trinajstić information content (AvgIpc) is 3.19. The van der Waals surface area contributed by atoms with Crippen molar-refractivity contribution in [3.8, 4) is 0 Å². The lowest BCUT2D eigenvalue weighted by Crippen LogP contribution is -2.34. The average molecular weight is 302 g/mol. The van der Waals surface area contributed by atoms with Crippen LogP contribution in [0.25, 0.3) is 0 Å². The van der Waals surface area contributed by atoms with Crippen molar-refractivity contribution in [1.29, 1.82) is 0 Å². The quantitative estimate of drug-likeness (QED) is 0.848. The van der Waals surface area contributed by atoms with Gasteiger partial charge in [0.05, 0.1) is 13.0 Å². The fourth-order valence-electron chi connectivity index (χ4n) is 3.32. The van der Waals surface area contributed by atoms with E-state index in [0.717, 1.165) is 6.42 Å². The van der Waals surface area contributed by atoms with Crippen molar-refractivity contribution in [3.05, 3.63) is 35.9 Å². The summed E-state index contributed by atoms with van der Waals surface area (Å²) in [6.07, 6.45) is 1.54. The first kappa shape index (κ1) is 15.0. The van der Waals surface area contributed by atoms with Crippen LogP contribution in [0.1, 0.15) is 24.3 Å². The number of ether oxygens (including phenoxy) is 1. The van der Waals surface area contributed by atoms with Crippen LogP contribution < -0.4 is 5.32 Å². The molecule has 1 saturated carbocycles. The second kappa shape index (κ2) is 6.08. The first-order valence-corrected chi connectivity index (χ1v) is 7.73. The summed E-state index contributed by atoms with van der Waals surface area (Å²) < 4.78 is 4.79. The molecule has 1 N–H and O–H groups in total. The minimum absolute atomic E-state index is 0.0571. The summed E-state index contributed by atoms with van der Waals surface area (Å²) in [5.74, 6) is 0.0971. The number of rotatable bonds is 4. The molecule has 3 rings (SSSR count). The molecule has 1 saturated heterocycles. The normalized spacial score (nSPS) is 30.8. The molecule has 0 radical (unpaired) electrons. The predicted octanol–water partition coefficient (Wildman–Crippen LogP) is 1.15. The van der Waals surface area contributed by atoms with Gasteiger partial charge in [0.2, 0.25) is 5.91 Å². The first-order valence-electron chi connectivity index (χ1n) is 7.73. The molecule has 22 heavy (non-hydrogen) atoms. The number of benzene rings is 1. The number of likely N-dealkylation sites (tertiary alicyclic amines) is 1. The third kappa shape index (κ3) is 2.99. The smallest absolute Gasteiger partial charge is 0.323 e. The second-order valence-corrected chi connectivity index (χ2v) is 6.28. The highest BCUT2D eigenvalue weighted by Gasteiger charge is 2.43. The molecule has 118 valence electrons. The van der Waals surface area contributed by atoms with Crippen LogP contribution in [0, 0.1) is 5.92 Å². The zero-order chi connectivity index (χ0) is 15.7. The largest absolute Gasteiger partial charge is 0.468 e.